The van der Waals surface area contributed by atoms with Crippen molar-refractivity contribution in [1.29, 1.82) is 0 Å². The van der Waals surface area contributed by atoms with Crippen molar-refractivity contribution in [3.63, 3.8) is 0 Å². The molecule has 2 heterocycles. The Morgan fingerprint density at radius 3 is 2.84 bits per heavy atom. The summed E-state index contributed by atoms with van der Waals surface area (Å²) in [6.45, 7) is 8.07. The standard InChI is InChI=1S/C19H26N2O4/c1-4-24-15-5-6-16-13(8-15)7-14(19(23)20-16)9-21-10-17(22)18(11-21)25-12(2)3/h5-8,12,17-18,22H,4,9-11H2,1-3H3,(H,20,23)/t17-,18-/m1/s1. The molecule has 0 saturated carbocycles. The molecule has 0 radical (unpaired) electrons. The average molecular weight is 346 g/mol. The minimum atomic E-state index is -0.522. The van der Waals surface area contributed by atoms with Gasteiger partial charge in [0.1, 0.15) is 5.75 Å². The van der Waals surface area contributed by atoms with Crippen LogP contribution in [0.2, 0.25) is 0 Å². The number of nitrogens with one attached hydrogen (secondary N) is 1. The monoisotopic (exact) mass is 346 g/mol. The number of hydrogen-bond donors (Lipinski definition) is 2. The van der Waals surface area contributed by atoms with Crippen molar-refractivity contribution in [3.05, 3.63) is 40.2 Å². The van der Waals surface area contributed by atoms with E-state index in [-0.39, 0.29) is 17.8 Å². The number of fused-ring (bicyclic) bond motifs is 1. The highest BCUT2D eigenvalue weighted by atomic mass is 16.5. The number of rotatable bonds is 6. The molecule has 2 aromatic rings. The van der Waals surface area contributed by atoms with Crippen LogP contribution in [0.5, 0.6) is 5.75 Å². The van der Waals surface area contributed by atoms with Crippen LogP contribution in [0.3, 0.4) is 0 Å². The zero-order chi connectivity index (χ0) is 18.0. The lowest BCUT2D eigenvalue weighted by atomic mass is 10.1. The molecule has 2 atom stereocenters. The molecule has 1 aromatic carbocycles. The second kappa shape index (κ2) is 7.56. The molecule has 0 aliphatic carbocycles. The topological polar surface area (TPSA) is 74.8 Å². The van der Waals surface area contributed by atoms with Gasteiger partial charge in [0.05, 0.1) is 24.9 Å². The van der Waals surface area contributed by atoms with Gasteiger partial charge < -0.3 is 19.6 Å². The minimum absolute atomic E-state index is 0.0701. The first-order valence-corrected chi connectivity index (χ1v) is 8.81. The third-order valence-corrected chi connectivity index (χ3v) is 4.36. The molecule has 1 aliphatic rings. The predicted octanol–water partition coefficient (Wildman–Crippen LogP) is 1.90. The van der Waals surface area contributed by atoms with Gasteiger partial charge in [0.25, 0.3) is 5.56 Å². The maximum atomic E-state index is 12.4. The number of aliphatic hydroxyl groups excluding tert-OH is 1. The number of β-amino-alcohol motifs (C(OH)–C–C–N with tert-alkyl or cyclic N) is 1. The number of benzene rings is 1. The molecule has 6 heteroatoms. The van der Waals surface area contributed by atoms with Gasteiger partial charge in [0, 0.05) is 36.1 Å². The number of hydrogen-bond acceptors (Lipinski definition) is 5. The van der Waals surface area contributed by atoms with Gasteiger partial charge in [-0.05, 0) is 45.0 Å². The Labute approximate surface area is 147 Å². The van der Waals surface area contributed by atoms with E-state index in [4.69, 9.17) is 9.47 Å². The highest BCUT2D eigenvalue weighted by Gasteiger charge is 2.32. The maximum absolute atomic E-state index is 12.4. The van der Waals surface area contributed by atoms with E-state index in [0.29, 0.717) is 31.8 Å². The Hall–Kier alpha value is -1.89. The Balaban J connectivity index is 1.79. The van der Waals surface area contributed by atoms with Crippen LogP contribution in [0, 0.1) is 0 Å². The van der Waals surface area contributed by atoms with E-state index in [1.54, 1.807) is 0 Å². The molecule has 0 bridgehead atoms. The van der Waals surface area contributed by atoms with E-state index in [2.05, 4.69) is 9.88 Å². The summed E-state index contributed by atoms with van der Waals surface area (Å²) in [7, 11) is 0. The highest BCUT2D eigenvalue weighted by molar-refractivity contribution is 5.80. The second-order valence-corrected chi connectivity index (χ2v) is 6.79. The summed E-state index contributed by atoms with van der Waals surface area (Å²) in [6, 6.07) is 7.55. The van der Waals surface area contributed by atoms with Crippen molar-refractivity contribution >= 4 is 10.9 Å². The third-order valence-electron chi connectivity index (χ3n) is 4.36. The van der Waals surface area contributed by atoms with E-state index in [1.807, 2.05) is 45.0 Å². The largest absolute Gasteiger partial charge is 0.494 e. The van der Waals surface area contributed by atoms with Crippen LogP contribution >= 0.6 is 0 Å². The van der Waals surface area contributed by atoms with Crippen molar-refractivity contribution in [1.82, 2.24) is 9.88 Å². The molecule has 2 N–H and O–H groups in total. The van der Waals surface area contributed by atoms with E-state index in [1.165, 1.54) is 0 Å². The van der Waals surface area contributed by atoms with E-state index in [9.17, 15) is 9.90 Å². The van der Waals surface area contributed by atoms with Gasteiger partial charge in [-0.15, -0.1) is 0 Å². The summed E-state index contributed by atoms with van der Waals surface area (Å²) in [5.74, 6) is 0.787. The van der Waals surface area contributed by atoms with E-state index < -0.39 is 6.10 Å². The van der Waals surface area contributed by atoms with Crippen LogP contribution in [-0.2, 0) is 11.3 Å². The third kappa shape index (κ3) is 4.21. The summed E-state index contributed by atoms with van der Waals surface area (Å²) < 4.78 is 11.3. The van der Waals surface area contributed by atoms with E-state index >= 15 is 0 Å². The van der Waals surface area contributed by atoms with Gasteiger partial charge in [-0.3, -0.25) is 9.69 Å². The van der Waals surface area contributed by atoms with Gasteiger partial charge in [0.2, 0.25) is 0 Å². The van der Waals surface area contributed by atoms with Gasteiger partial charge in [-0.25, -0.2) is 0 Å². The zero-order valence-corrected chi connectivity index (χ0v) is 15.0. The Morgan fingerprint density at radius 2 is 2.12 bits per heavy atom. The van der Waals surface area contributed by atoms with Crippen LogP contribution in [0.1, 0.15) is 26.3 Å². The molecule has 6 nitrogen and oxygen atoms in total. The molecule has 0 amide bonds. The molecule has 3 rings (SSSR count). The van der Waals surface area contributed by atoms with Crippen LogP contribution < -0.4 is 10.3 Å². The molecule has 25 heavy (non-hydrogen) atoms. The smallest absolute Gasteiger partial charge is 0.252 e. The number of aromatic nitrogens is 1. The fourth-order valence-electron chi connectivity index (χ4n) is 3.29. The van der Waals surface area contributed by atoms with E-state index in [0.717, 1.165) is 16.7 Å². The molecule has 0 unspecified atom stereocenters. The number of ether oxygens (including phenoxy) is 2. The summed E-state index contributed by atoms with van der Waals surface area (Å²) in [6.07, 6.45) is -0.656. The Bertz CT molecular complexity index is 787. The van der Waals surface area contributed by atoms with Crippen LogP contribution in [0.4, 0.5) is 0 Å². The molecule has 1 saturated heterocycles. The summed E-state index contributed by atoms with van der Waals surface area (Å²) in [5.41, 5.74) is 1.37. The normalized spacial score (nSPS) is 21.3. The molecule has 1 aliphatic heterocycles. The quantitative estimate of drug-likeness (QED) is 0.836. The lowest BCUT2D eigenvalue weighted by Gasteiger charge is -2.18. The molecular weight excluding hydrogens is 320 g/mol. The summed E-state index contributed by atoms with van der Waals surface area (Å²) in [4.78, 5) is 17.3. The molecule has 1 aromatic heterocycles. The van der Waals surface area contributed by atoms with Gasteiger partial charge >= 0.3 is 0 Å². The Kier molecular flexibility index (Phi) is 5.42. The number of pyridine rings is 1. The minimum Gasteiger partial charge on any atom is -0.494 e. The van der Waals surface area contributed by atoms with Crippen LogP contribution in [0.25, 0.3) is 10.9 Å². The van der Waals surface area contributed by atoms with Crippen molar-refractivity contribution in [2.45, 2.75) is 45.6 Å². The van der Waals surface area contributed by atoms with Crippen molar-refractivity contribution in [2.24, 2.45) is 0 Å². The number of nitrogens with zero attached hydrogens (tertiary/aromatic N) is 1. The molecule has 0 spiro atoms. The predicted molar refractivity (Wildman–Crippen MR) is 97.0 cm³/mol. The lowest BCUT2D eigenvalue weighted by molar-refractivity contribution is -0.0396. The van der Waals surface area contributed by atoms with Crippen molar-refractivity contribution in [2.75, 3.05) is 19.7 Å². The zero-order valence-electron chi connectivity index (χ0n) is 15.0. The molecule has 1 fully saturated rings. The Morgan fingerprint density at radius 1 is 1.32 bits per heavy atom. The number of H-pyrrole nitrogens is 1. The fraction of sp³-hybridized carbons (Fsp3) is 0.526. The lowest BCUT2D eigenvalue weighted by Crippen LogP contribution is -2.29. The van der Waals surface area contributed by atoms with Crippen molar-refractivity contribution in [3.8, 4) is 5.75 Å². The number of aromatic amines is 1. The SMILES string of the molecule is CCOc1ccc2[nH]c(=O)c(CN3C[C@@H](O)[C@H](OC(C)C)C3)cc2c1. The summed E-state index contributed by atoms with van der Waals surface area (Å²) >= 11 is 0. The van der Waals surface area contributed by atoms with Gasteiger partial charge in [0.15, 0.2) is 0 Å². The van der Waals surface area contributed by atoms with Gasteiger partial charge in [-0.2, -0.15) is 0 Å². The van der Waals surface area contributed by atoms with Crippen LogP contribution in [0.15, 0.2) is 29.1 Å². The number of aliphatic hydroxyl groups is 1. The first-order chi connectivity index (χ1) is 12.0. The maximum Gasteiger partial charge on any atom is 0.252 e. The number of likely N-dealkylation sites (tertiary alicyclic amines) is 1. The van der Waals surface area contributed by atoms with Crippen molar-refractivity contribution < 1.29 is 14.6 Å². The fourth-order valence-corrected chi connectivity index (χ4v) is 3.29. The molecular formula is C19H26N2O4. The highest BCUT2D eigenvalue weighted by Crippen LogP contribution is 2.21. The summed E-state index contributed by atoms with van der Waals surface area (Å²) in [5, 5.41) is 11.1. The second-order valence-electron chi connectivity index (χ2n) is 6.79. The van der Waals surface area contributed by atoms with Gasteiger partial charge in [-0.1, -0.05) is 0 Å². The first kappa shape index (κ1) is 17.9. The molecule has 136 valence electrons. The van der Waals surface area contributed by atoms with Crippen LogP contribution in [-0.4, -0.2) is 53.0 Å². The average Bonchev–Trinajstić information content (AvgIpc) is 2.87. The first-order valence-electron chi connectivity index (χ1n) is 8.81.